The number of aryl methyl sites for hydroxylation is 1. The average Bonchev–Trinajstić information content (AvgIpc) is 2.66. The first-order valence-electron chi connectivity index (χ1n) is 5.57. The number of imidazole rings is 1. The summed E-state index contributed by atoms with van der Waals surface area (Å²) in [6, 6.07) is 5.32. The first-order chi connectivity index (χ1) is 8.99. The Morgan fingerprint density at radius 2 is 2.26 bits per heavy atom. The van der Waals surface area contributed by atoms with Crippen LogP contribution in [-0.2, 0) is 11.3 Å². The number of alkyl halides is 2. The predicted octanol–water partition coefficient (Wildman–Crippen LogP) is 2.79. The van der Waals surface area contributed by atoms with Crippen LogP contribution in [0.15, 0.2) is 23.4 Å². The van der Waals surface area contributed by atoms with Gasteiger partial charge in [0.05, 0.1) is 23.3 Å². The Balaban J connectivity index is 2.47. The first-order valence-corrected chi connectivity index (χ1v) is 6.56. The van der Waals surface area contributed by atoms with Gasteiger partial charge in [-0.3, -0.25) is 4.79 Å². The Morgan fingerprint density at radius 3 is 2.89 bits per heavy atom. The molecule has 4 nitrogen and oxygen atoms in total. The summed E-state index contributed by atoms with van der Waals surface area (Å²) in [5.41, 5.74) is 2.12. The molecule has 0 aliphatic carbocycles. The monoisotopic (exact) mass is 286 g/mol. The fraction of sp³-hybridized carbons (Fsp3) is 0.333. The third-order valence-corrected chi connectivity index (χ3v) is 3.55. The molecule has 0 aliphatic heterocycles. The van der Waals surface area contributed by atoms with Gasteiger partial charge < -0.3 is 9.67 Å². The van der Waals surface area contributed by atoms with E-state index in [1.54, 1.807) is 12.1 Å². The van der Waals surface area contributed by atoms with E-state index in [1.807, 2.05) is 13.0 Å². The van der Waals surface area contributed by atoms with Crippen molar-refractivity contribution in [3.05, 3.63) is 23.8 Å². The highest BCUT2D eigenvalue weighted by molar-refractivity contribution is 7.99. The number of para-hydroxylation sites is 1. The third kappa shape index (κ3) is 3.04. The number of fused-ring (bicyclic) bond motifs is 1. The van der Waals surface area contributed by atoms with Crippen molar-refractivity contribution >= 4 is 28.8 Å². The minimum absolute atomic E-state index is 0.203. The minimum Gasteiger partial charge on any atom is -0.481 e. The molecule has 1 aromatic carbocycles. The molecule has 0 saturated heterocycles. The zero-order chi connectivity index (χ0) is 14.0. The van der Waals surface area contributed by atoms with Gasteiger partial charge in [0, 0.05) is 0 Å². The molecule has 0 aliphatic rings. The zero-order valence-electron chi connectivity index (χ0n) is 10.1. The lowest BCUT2D eigenvalue weighted by Crippen LogP contribution is -2.09. The summed E-state index contributed by atoms with van der Waals surface area (Å²) in [6.45, 7) is 1.36. The van der Waals surface area contributed by atoms with Gasteiger partial charge in [-0.05, 0) is 18.6 Å². The smallest absolute Gasteiger partial charge is 0.313 e. The molecule has 7 heteroatoms. The van der Waals surface area contributed by atoms with Gasteiger partial charge in [-0.15, -0.1) is 0 Å². The summed E-state index contributed by atoms with van der Waals surface area (Å²) in [4.78, 5) is 14.8. The summed E-state index contributed by atoms with van der Waals surface area (Å²) in [5, 5.41) is 8.98. The predicted molar refractivity (Wildman–Crippen MR) is 68.8 cm³/mol. The van der Waals surface area contributed by atoms with Crippen LogP contribution >= 0.6 is 11.8 Å². The third-order valence-electron chi connectivity index (χ3n) is 2.59. The zero-order valence-corrected chi connectivity index (χ0v) is 11.0. The molecule has 0 atom stereocenters. The van der Waals surface area contributed by atoms with Crippen LogP contribution in [-0.4, -0.2) is 32.8 Å². The van der Waals surface area contributed by atoms with Crippen LogP contribution in [0.1, 0.15) is 5.56 Å². The fourth-order valence-corrected chi connectivity index (χ4v) is 2.55. The molecule has 1 N–H and O–H groups in total. The second-order valence-electron chi connectivity index (χ2n) is 4.02. The van der Waals surface area contributed by atoms with Crippen molar-refractivity contribution in [3.8, 4) is 0 Å². The normalized spacial score (nSPS) is 11.4. The van der Waals surface area contributed by atoms with Gasteiger partial charge in [-0.2, -0.15) is 0 Å². The topological polar surface area (TPSA) is 55.1 Å². The van der Waals surface area contributed by atoms with Crippen LogP contribution < -0.4 is 0 Å². The molecular formula is C12H12F2N2O2S. The van der Waals surface area contributed by atoms with Gasteiger partial charge in [0.1, 0.15) is 0 Å². The number of hydrogen-bond donors (Lipinski definition) is 1. The highest BCUT2D eigenvalue weighted by atomic mass is 32.2. The minimum atomic E-state index is -2.51. The number of aliphatic carboxylic acids is 1. The molecule has 2 aromatic rings. The Kier molecular flexibility index (Phi) is 4.04. The molecule has 0 spiro atoms. The first kappa shape index (κ1) is 13.8. The number of aromatic nitrogens is 2. The average molecular weight is 286 g/mol. The SMILES string of the molecule is Cc1cccc2c1nc(SCC(=O)O)n2CC(F)F. The molecule has 19 heavy (non-hydrogen) atoms. The van der Waals surface area contributed by atoms with E-state index in [9.17, 15) is 13.6 Å². The van der Waals surface area contributed by atoms with Crippen molar-refractivity contribution in [2.75, 3.05) is 5.75 Å². The maximum absolute atomic E-state index is 12.6. The van der Waals surface area contributed by atoms with Crippen molar-refractivity contribution in [1.82, 2.24) is 9.55 Å². The van der Waals surface area contributed by atoms with Crippen molar-refractivity contribution in [2.45, 2.75) is 25.1 Å². The summed E-state index contributed by atoms with van der Waals surface area (Å²) in [5.74, 6) is -1.21. The van der Waals surface area contributed by atoms with Crippen molar-refractivity contribution in [2.24, 2.45) is 0 Å². The summed E-state index contributed by atoms with van der Waals surface area (Å²) in [6.07, 6.45) is -2.51. The number of hydrogen-bond acceptors (Lipinski definition) is 3. The van der Waals surface area contributed by atoms with E-state index in [2.05, 4.69) is 4.98 Å². The number of carboxylic acids is 1. The molecule has 0 radical (unpaired) electrons. The Morgan fingerprint density at radius 1 is 1.53 bits per heavy atom. The van der Waals surface area contributed by atoms with Crippen LogP contribution in [0.4, 0.5) is 8.78 Å². The van der Waals surface area contributed by atoms with Crippen molar-refractivity contribution in [3.63, 3.8) is 0 Å². The molecule has 1 aromatic heterocycles. The van der Waals surface area contributed by atoms with Gasteiger partial charge in [-0.25, -0.2) is 13.8 Å². The molecule has 102 valence electrons. The lowest BCUT2D eigenvalue weighted by molar-refractivity contribution is -0.133. The second kappa shape index (κ2) is 5.56. The molecule has 2 rings (SSSR count). The molecule has 0 fully saturated rings. The lowest BCUT2D eigenvalue weighted by atomic mass is 10.2. The second-order valence-corrected chi connectivity index (χ2v) is 4.96. The quantitative estimate of drug-likeness (QED) is 0.859. The van der Waals surface area contributed by atoms with Gasteiger partial charge in [-0.1, -0.05) is 23.9 Å². The van der Waals surface area contributed by atoms with E-state index in [0.29, 0.717) is 16.2 Å². The maximum atomic E-state index is 12.6. The van der Waals surface area contributed by atoms with Crippen LogP contribution in [0, 0.1) is 6.92 Å². The van der Waals surface area contributed by atoms with Crippen LogP contribution in [0.2, 0.25) is 0 Å². The number of thioether (sulfide) groups is 1. The standard InChI is InChI=1S/C12H12F2N2O2S/c1-7-3-2-4-8-11(7)15-12(19-6-10(17)18)16(8)5-9(13)14/h2-4,9H,5-6H2,1H3,(H,17,18). The van der Waals surface area contributed by atoms with E-state index in [-0.39, 0.29) is 5.75 Å². The lowest BCUT2D eigenvalue weighted by Gasteiger charge is -2.07. The van der Waals surface area contributed by atoms with E-state index in [0.717, 1.165) is 17.3 Å². The van der Waals surface area contributed by atoms with E-state index in [1.165, 1.54) is 4.57 Å². The summed E-state index contributed by atoms with van der Waals surface area (Å²) in [7, 11) is 0. The molecule has 0 bridgehead atoms. The fourth-order valence-electron chi connectivity index (χ4n) is 1.82. The number of benzene rings is 1. The molecule has 0 saturated carbocycles. The van der Waals surface area contributed by atoms with Gasteiger partial charge in [0.2, 0.25) is 0 Å². The van der Waals surface area contributed by atoms with E-state index < -0.39 is 18.9 Å². The number of rotatable bonds is 5. The highest BCUT2D eigenvalue weighted by Gasteiger charge is 2.16. The van der Waals surface area contributed by atoms with Crippen molar-refractivity contribution in [1.29, 1.82) is 0 Å². The number of carbonyl (C=O) groups is 1. The Labute approximate surface area is 112 Å². The number of carboxylic acid groups (broad SMARTS) is 1. The molecule has 1 heterocycles. The Bertz CT molecular complexity index is 613. The molecule has 0 unspecified atom stereocenters. The molecule has 0 amide bonds. The maximum Gasteiger partial charge on any atom is 0.313 e. The Hall–Kier alpha value is -1.63. The van der Waals surface area contributed by atoms with Crippen LogP contribution in [0.5, 0.6) is 0 Å². The largest absolute Gasteiger partial charge is 0.481 e. The summed E-state index contributed by atoms with van der Waals surface area (Å²) >= 11 is 0.951. The van der Waals surface area contributed by atoms with Gasteiger partial charge >= 0.3 is 5.97 Å². The molecular weight excluding hydrogens is 274 g/mol. The number of nitrogens with zero attached hydrogens (tertiary/aromatic N) is 2. The number of halogens is 2. The van der Waals surface area contributed by atoms with E-state index in [4.69, 9.17) is 5.11 Å². The van der Waals surface area contributed by atoms with Crippen LogP contribution in [0.3, 0.4) is 0 Å². The van der Waals surface area contributed by atoms with Crippen LogP contribution in [0.25, 0.3) is 11.0 Å². The van der Waals surface area contributed by atoms with E-state index >= 15 is 0 Å². The van der Waals surface area contributed by atoms with Crippen molar-refractivity contribution < 1.29 is 18.7 Å². The highest BCUT2D eigenvalue weighted by Crippen LogP contribution is 2.26. The van der Waals surface area contributed by atoms with Gasteiger partial charge in [0.15, 0.2) is 5.16 Å². The summed E-state index contributed by atoms with van der Waals surface area (Å²) < 4.78 is 26.6. The van der Waals surface area contributed by atoms with Gasteiger partial charge in [0.25, 0.3) is 6.43 Å².